The van der Waals surface area contributed by atoms with Gasteiger partial charge in [0, 0.05) is 13.1 Å². The van der Waals surface area contributed by atoms with Crippen molar-refractivity contribution in [2.45, 2.75) is 24.3 Å². The molecule has 0 radical (unpaired) electrons. The third-order valence-corrected chi connectivity index (χ3v) is 6.35. The van der Waals surface area contributed by atoms with Gasteiger partial charge in [0.25, 0.3) is 0 Å². The Bertz CT molecular complexity index is 755. The number of aliphatic hydroxyl groups excluding tert-OH is 1. The zero-order chi connectivity index (χ0) is 16.4. The molecule has 1 fully saturated rings. The highest BCUT2D eigenvalue weighted by molar-refractivity contribution is 7.89. The Morgan fingerprint density at radius 3 is 2.22 bits per heavy atom. The van der Waals surface area contributed by atoms with Gasteiger partial charge in [0.15, 0.2) is 0 Å². The Morgan fingerprint density at radius 2 is 1.65 bits per heavy atom. The lowest BCUT2D eigenvalue weighted by atomic mass is 10.0. The summed E-state index contributed by atoms with van der Waals surface area (Å²) < 4.78 is 26.9. The molecule has 0 bridgehead atoms. The predicted octanol–water partition coefficient (Wildman–Crippen LogP) is 2.75. The Morgan fingerprint density at radius 1 is 1.04 bits per heavy atom. The minimum atomic E-state index is -3.48. The van der Waals surface area contributed by atoms with Gasteiger partial charge in [-0.25, -0.2) is 8.42 Å². The number of rotatable bonds is 4. The van der Waals surface area contributed by atoms with E-state index in [2.05, 4.69) is 0 Å². The van der Waals surface area contributed by atoms with Gasteiger partial charge in [-0.1, -0.05) is 42.5 Å². The lowest BCUT2D eigenvalue weighted by Gasteiger charge is -2.18. The molecule has 2 aromatic rings. The van der Waals surface area contributed by atoms with Crippen molar-refractivity contribution < 1.29 is 13.5 Å². The number of benzene rings is 2. The first-order chi connectivity index (χ1) is 11.0. The van der Waals surface area contributed by atoms with Crippen molar-refractivity contribution in [3.05, 3.63) is 54.6 Å². The number of hydrogen-bond donors (Lipinski definition) is 1. The molecule has 0 saturated carbocycles. The number of aliphatic hydroxyl groups is 1. The number of hydrogen-bond acceptors (Lipinski definition) is 3. The van der Waals surface area contributed by atoms with Crippen molar-refractivity contribution in [2.75, 3.05) is 13.1 Å². The topological polar surface area (TPSA) is 57.6 Å². The Hall–Kier alpha value is -1.69. The van der Waals surface area contributed by atoms with Crippen molar-refractivity contribution >= 4 is 10.0 Å². The lowest BCUT2D eigenvalue weighted by Crippen LogP contribution is -2.30. The molecule has 0 amide bonds. The largest absolute Gasteiger partial charge is 0.393 e. The normalized spacial score (nSPS) is 20.5. The van der Waals surface area contributed by atoms with Gasteiger partial charge in [-0.05, 0) is 42.5 Å². The molecule has 2 atom stereocenters. The van der Waals surface area contributed by atoms with E-state index in [1.54, 1.807) is 19.1 Å². The Balaban J connectivity index is 1.82. The lowest BCUT2D eigenvalue weighted by molar-refractivity contribution is 0.133. The molecule has 4 nitrogen and oxygen atoms in total. The summed E-state index contributed by atoms with van der Waals surface area (Å²) in [5.41, 5.74) is 2.06. The fourth-order valence-electron chi connectivity index (χ4n) is 2.97. The highest BCUT2D eigenvalue weighted by Crippen LogP contribution is 2.27. The van der Waals surface area contributed by atoms with Crippen LogP contribution >= 0.6 is 0 Å². The fourth-order valence-corrected chi connectivity index (χ4v) is 4.48. The maximum atomic E-state index is 12.7. The average Bonchev–Trinajstić information content (AvgIpc) is 3.07. The molecular weight excluding hydrogens is 310 g/mol. The molecule has 1 aliphatic rings. The second-order valence-corrected chi connectivity index (χ2v) is 7.98. The monoisotopic (exact) mass is 331 g/mol. The zero-order valence-corrected chi connectivity index (χ0v) is 13.9. The van der Waals surface area contributed by atoms with Crippen molar-refractivity contribution in [3.8, 4) is 11.1 Å². The van der Waals surface area contributed by atoms with E-state index in [9.17, 15) is 13.5 Å². The summed E-state index contributed by atoms with van der Waals surface area (Å²) in [6.07, 6.45) is 0.231. The van der Waals surface area contributed by atoms with E-state index in [-0.39, 0.29) is 5.92 Å². The third kappa shape index (κ3) is 3.32. The minimum absolute atomic E-state index is 0.0216. The van der Waals surface area contributed by atoms with Crippen LogP contribution in [0.15, 0.2) is 59.5 Å². The summed E-state index contributed by atoms with van der Waals surface area (Å²) in [6.45, 7) is 2.58. The van der Waals surface area contributed by atoms with Crippen molar-refractivity contribution in [1.82, 2.24) is 4.31 Å². The van der Waals surface area contributed by atoms with Gasteiger partial charge < -0.3 is 5.11 Å². The first-order valence-corrected chi connectivity index (χ1v) is 9.26. The van der Waals surface area contributed by atoms with Crippen LogP contribution in [-0.2, 0) is 10.0 Å². The van der Waals surface area contributed by atoms with Crippen LogP contribution in [0.2, 0.25) is 0 Å². The third-order valence-electron chi connectivity index (χ3n) is 4.47. The molecule has 2 unspecified atom stereocenters. The van der Waals surface area contributed by atoms with E-state index in [1.807, 2.05) is 42.5 Å². The molecule has 1 aliphatic heterocycles. The van der Waals surface area contributed by atoms with Crippen LogP contribution in [0.4, 0.5) is 0 Å². The van der Waals surface area contributed by atoms with Gasteiger partial charge in [-0.15, -0.1) is 0 Å². The SMILES string of the molecule is CC(O)C1CCN(S(=O)(=O)c2ccc(-c3ccccc3)cc2)C1. The molecule has 1 N–H and O–H groups in total. The quantitative estimate of drug-likeness (QED) is 0.937. The van der Waals surface area contributed by atoms with Gasteiger partial charge in [-0.2, -0.15) is 4.31 Å². The van der Waals surface area contributed by atoms with E-state index in [1.165, 1.54) is 4.31 Å². The molecule has 0 aliphatic carbocycles. The average molecular weight is 331 g/mol. The number of nitrogens with zero attached hydrogens (tertiary/aromatic N) is 1. The first-order valence-electron chi connectivity index (χ1n) is 7.82. The van der Waals surface area contributed by atoms with Crippen LogP contribution in [0.1, 0.15) is 13.3 Å². The van der Waals surface area contributed by atoms with E-state index in [0.717, 1.165) is 11.1 Å². The Kier molecular flexibility index (Phi) is 4.53. The molecule has 3 rings (SSSR count). The molecule has 122 valence electrons. The molecule has 5 heteroatoms. The van der Waals surface area contributed by atoms with Gasteiger partial charge in [0.1, 0.15) is 0 Å². The molecule has 23 heavy (non-hydrogen) atoms. The van der Waals surface area contributed by atoms with Crippen LogP contribution in [0.5, 0.6) is 0 Å². The van der Waals surface area contributed by atoms with Gasteiger partial charge in [-0.3, -0.25) is 0 Å². The van der Waals surface area contributed by atoms with Gasteiger partial charge in [0.2, 0.25) is 10.0 Å². The molecule has 2 aromatic carbocycles. The standard InChI is InChI=1S/C18H21NO3S/c1-14(20)17-11-12-19(13-17)23(21,22)18-9-7-16(8-10-18)15-5-3-2-4-6-15/h2-10,14,17,20H,11-13H2,1H3. The molecule has 0 aromatic heterocycles. The molecule has 1 saturated heterocycles. The van der Waals surface area contributed by atoms with Crippen LogP contribution in [0.3, 0.4) is 0 Å². The van der Waals surface area contributed by atoms with Crippen molar-refractivity contribution in [3.63, 3.8) is 0 Å². The van der Waals surface area contributed by atoms with E-state index >= 15 is 0 Å². The Labute approximate surface area is 137 Å². The predicted molar refractivity (Wildman–Crippen MR) is 90.4 cm³/mol. The second kappa shape index (κ2) is 6.43. The van der Waals surface area contributed by atoms with E-state index in [0.29, 0.717) is 24.4 Å². The van der Waals surface area contributed by atoms with Gasteiger partial charge >= 0.3 is 0 Å². The summed E-state index contributed by atoms with van der Waals surface area (Å²) in [4.78, 5) is 0.309. The summed E-state index contributed by atoms with van der Waals surface area (Å²) in [5.74, 6) is 0.0216. The van der Waals surface area contributed by atoms with Crippen LogP contribution in [-0.4, -0.2) is 37.0 Å². The summed E-state index contributed by atoms with van der Waals surface area (Å²) >= 11 is 0. The van der Waals surface area contributed by atoms with Crippen LogP contribution in [0, 0.1) is 5.92 Å². The second-order valence-electron chi connectivity index (χ2n) is 6.04. The fraction of sp³-hybridized carbons (Fsp3) is 0.333. The van der Waals surface area contributed by atoms with Crippen LogP contribution < -0.4 is 0 Å². The maximum Gasteiger partial charge on any atom is 0.243 e. The summed E-state index contributed by atoms with van der Waals surface area (Å²) in [7, 11) is -3.48. The first kappa shape index (κ1) is 16.2. The molecular formula is C18H21NO3S. The van der Waals surface area contributed by atoms with Gasteiger partial charge in [0.05, 0.1) is 11.0 Å². The van der Waals surface area contributed by atoms with Crippen molar-refractivity contribution in [2.24, 2.45) is 5.92 Å². The summed E-state index contributed by atoms with van der Waals surface area (Å²) in [5, 5.41) is 9.65. The smallest absolute Gasteiger partial charge is 0.243 e. The highest BCUT2D eigenvalue weighted by Gasteiger charge is 2.34. The van der Waals surface area contributed by atoms with Crippen molar-refractivity contribution in [1.29, 1.82) is 0 Å². The van der Waals surface area contributed by atoms with E-state index < -0.39 is 16.1 Å². The van der Waals surface area contributed by atoms with E-state index in [4.69, 9.17) is 0 Å². The zero-order valence-electron chi connectivity index (χ0n) is 13.1. The highest BCUT2D eigenvalue weighted by atomic mass is 32.2. The van der Waals surface area contributed by atoms with Crippen LogP contribution in [0.25, 0.3) is 11.1 Å². The number of sulfonamides is 1. The minimum Gasteiger partial charge on any atom is -0.393 e. The maximum absolute atomic E-state index is 12.7. The molecule has 1 heterocycles. The summed E-state index contributed by atoms with van der Waals surface area (Å²) in [6, 6.07) is 16.9. The molecule has 0 spiro atoms.